The van der Waals surface area contributed by atoms with Gasteiger partial charge in [0.15, 0.2) is 0 Å². The highest BCUT2D eigenvalue weighted by Crippen LogP contribution is 2.19. The molecule has 7 heteroatoms. The van der Waals surface area contributed by atoms with Crippen molar-refractivity contribution in [3.63, 3.8) is 0 Å². The minimum Gasteiger partial charge on any atom is -0.395 e. The Labute approximate surface area is 145 Å². The summed E-state index contributed by atoms with van der Waals surface area (Å²) >= 11 is 0. The standard InChI is InChI=1S/C18H21N5O2/c1-2-13-3-5-14(6-4-13)15-11-16(22-21-15)18(25)23(9-10-24)12-17-19-7-8-20-17/h3-8,11,24H,2,9-10,12H2,1H3,(H,19,20)(H,21,22). The third-order valence-corrected chi connectivity index (χ3v) is 4.02. The molecular weight excluding hydrogens is 318 g/mol. The van der Waals surface area contributed by atoms with E-state index in [-0.39, 0.29) is 19.1 Å². The molecule has 2 aromatic heterocycles. The third kappa shape index (κ3) is 3.95. The third-order valence-electron chi connectivity index (χ3n) is 4.02. The Kier molecular flexibility index (Phi) is 5.25. The topological polar surface area (TPSA) is 97.9 Å². The van der Waals surface area contributed by atoms with Crippen molar-refractivity contribution >= 4 is 5.91 Å². The summed E-state index contributed by atoms with van der Waals surface area (Å²) in [6.45, 7) is 2.51. The Morgan fingerprint density at radius 3 is 2.72 bits per heavy atom. The van der Waals surface area contributed by atoms with Crippen LogP contribution in [0, 0.1) is 0 Å². The summed E-state index contributed by atoms with van der Waals surface area (Å²) < 4.78 is 0. The molecule has 7 nitrogen and oxygen atoms in total. The van der Waals surface area contributed by atoms with Crippen molar-refractivity contribution in [1.82, 2.24) is 25.1 Å². The summed E-state index contributed by atoms with van der Waals surface area (Å²) in [5, 5.41) is 16.3. The second kappa shape index (κ2) is 7.76. The molecule has 2 heterocycles. The van der Waals surface area contributed by atoms with Gasteiger partial charge in [-0.15, -0.1) is 0 Å². The molecule has 0 spiro atoms. The first-order chi connectivity index (χ1) is 12.2. The van der Waals surface area contributed by atoms with E-state index in [1.54, 1.807) is 18.5 Å². The van der Waals surface area contributed by atoms with Gasteiger partial charge in [0.05, 0.1) is 18.8 Å². The first kappa shape index (κ1) is 16.9. The number of aliphatic hydroxyl groups is 1. The molecule has 0 fully saturated rings. The van der Waals surface area contributed by atoms with Gasteiger partial charge in [-0.25, -0.2) is 4.98 Å². The molecule has 1 aromatic carbocycles. The first-order valence-corrected chi connectivity index (χ1v) is 8.24. The molecule has 0 radical (unpaired) electrons. The number of aromatic amines is 2. The van der Waals surface area contributed by atoms with Crippen LogP contribution < -0.4 is 0 Å². The van der Waals surface area contributed by atoms with Crippen molar-refractivity contribution in [1.29, 1.82) is 0 Å². The van der Waals surface area contributed by atoms with Gasteiger partial charge >= 0.3 is 0 Å². The van der Waals surface area contributed by atoms with Crippen LogP contribution in [0.3, 0.4) is 0 Å². The number of nitrogens with zero attached hydrogens (tertiary/aromatic N) is 3. The van der Waals surface area contributed by atoms with Gasteiger partial charge in [0.25, 0.3) is 5.91 Å². The van der Waals surface area contributed by atoms with Crippen LogP contribution in [0.25, 0.3) is 11.3 Å². The number of aliphatic hydroxyl groups excluding tert-OH is 1. The molecule has 3 aromatic rings. The molecule has 0 saturated heterocycles. The van der Waals surface area contributed by atoms with Gasteiger partial charge in [-0.3, -0.25) is 9.89 Å². The van der Waals surface area contributed by atoms with Crippen molar-refractivity contribution in [3.05, 3.63) is 59.8 Å². The van der Waals surface area contributed by atoms with Gasteiger partial charge in [-0.1, -0.05) is 31.2 Å². The smallest absolute Gasteiger partial charge is 0.272 e. The number of aryl methyl sites for hydroxylation is 1. The first-order valence-electron chi connectivity index (χ1n) is 8.24. The SMILES string of the molecule is CCc1ccc(-c2cc(C(=O)N(CCO)Cc3ncc[nH]3)[nH]n2)cc1. The molecule has 1 amide bonds. The largest absolute Gasteiger partial charge is 0.395 e. The summed E-state index contributed by atoms with van der Waals surface area (Å²) in [6, 6.07) is 9.84. The molecule has 0 unspecified atom stereocenters. The van der Waals surface area contributed by atoms with Gasteiger partial charge in [-0.05, 0) is 18.1 Å². The molecule has 130 valence electrons. The quantitative estimate of drug-likeness (QED) is 0.613. The zero-order valence-corrected chi connectivity index (χ0v) is 14.1. The molecule has 0 aliphatic heterocycles. The van der Waals surface area contributed by atoms with E-state index in [1.165, 1.54) is 10.5 Å². The van der Waals surface area contributed by atoms with E-state index >= 15 is 0 Å². The van der Waals surface area contributed by atoms with E-state index in [1.807, 2.05) is 12.1 Å². The van der Waals surface area contributed by atoms with Crippen LogP contribution in [-0.2, 0) is 13.0 Å². The zero-order valence-electron chi connectivity index (χ0n) is 14.1. The van der Waals surface area contributed by atoms with E-state index < -0.39 is 0 Å². The number of H-pyrrole nitrogens is 2. The summed E-state index contributed by atoms with van der Waals surface area (Å²) in [5.41, 5.74) is 3.30. The normalized spacial score (nSPS) is 10.8. The van der Waals surface area contributed by atoms with E-state index in [0.717, 1.165) is 12.0 Å². The van der Waals surface area contributed by atoms with Crippen molar-refractivity contribution in [2.45, 2.75) is 19.9 Å². The number of aromatic nitrogens is 4. The van der Waals surface area contributed by atoms with Crippen molar-refractivity contribution in [2.75, 3.05) is 13.2 Å². The lowest BCUT2D eigenvalue weighted by molar-refractivity contribution is 0.0697. The fourth-order valence-electron chi connectivity index (χ4n) is 2.60. The number of carbonyl (C=O) groups excluding carboxylic acids is 1. The summed E-state index contributed by atoms with van der Waals surface area (Å²) in [6.07, 6.45) is 4.31. The van der Waals surface area contributed by atoms with Crippen LogP contribution in [-0.4, -0.2) is 49.2 Å². The molecule has 0 atom stereocenters. The lowest BCUT2D eigenvalue weighted by atomic mass is 10.1. The Bertz CT molecular complexity index is 808. The molecule has 0 bridgehead atoms. The van der Waals surface area contributed by atoms with Crippen LogP contribution in [0.1, 0.15) is 28.8 Å². The Hall–Kier alpha value is -2.93. The maximum absolute atomic E-state index is 12.7. The van der Waals surface area contributed by atoms with E-state index in [9.17, 15) is 9.90 Å². The number of rotatable bonds is 7. The van der Waals surface area contributed by atoms with Crippen LogP contribution >= 0.6 is 0 Å². The van der Waals surface area contributed by atoms with Gasteiger partial charge in [0.2, 0.25) is 0 Å². The minimum atomic E-state index is -0.227. The van der Waals surface area contributed by atoms with Crippen LogP contribution in [0.15, 0.2) is 42.7 Å². The predicted molar refractivity (Wildman–Crippen MR) is 93.8 cm³/mol. The fourth-order valence-corrected chi connectivity index (χ4v) is 2.60. The maximum Gasteiger partial charge on any atom is 0.272 e. The van der Waals surface area contributed by atoms with Gasteiger partial charge in [0.1, 0.15) is 11.5 Å². The molecule has 0 aliphatic rings. The van der Waals surface area contributed by atoms with Crippen LogP contribution in [0.4, 0.5) is 0 Å². The van der Waals surface area contributed by atoms with Gasteiger partial charge in [-0.2, -0.15) is 5.10 Å². The lowest BCUT2D eigenvalue weighted by Crippen LogP contribution is -2.33. The number of imidazole rings is 1. The number of amides is 1. The van der Waals surface area contributed by atoms with E-state index in [2.05, 4.69) is 39.2 Å². The molecule has 3 N–H and O–H groups in total. The number of carbonyl (C=O) groups is 1. The Morgan fingerprint density at radius 1 is 1.28 bits per heavy atom. The van der Waals surface area contributed by atoms with Crippen molar-refractivity contribution < 1.29 is 9.90 Å². The van der Waals surface area contributed by atoms with E-state index in [4.69, 9.17) is 0 Å². The second-order valence-electron chi connectivity index (χ2n) is 5.70. The number of nitrogens with one attached hydrogen (secondary N) is 2. The zero-order chi connectivity index (χ0) is 17.6. The average molecular weight is 339 g/mol. The van der Waals surface area contributed by atoms with Crippen molar-refractivity contribution in [3.8, 4) is 11.3 Å². The molecule has 0 saturated carbocycles. The molecule has 0 aliphatic carbocycles. The Morgan fingerprint density at radius 2 is 2.08 bits per heavy atom. The number of benzene rings is 1. The van der Waals surface area contributed by atoms with Gasteiger partial charge in [0, 0.05) is 24.5 Å². The maximum atomic E-state index is 12.7. The van der Waals surface area contributed by atoms with Crippen LogP contribution in [0.2, 0.25) is 0 Å². The van der Waals surface area contributed by atoms with E-state index in [0.29, 0.717) is 23.8 Å². The van der Waals surface area contributed by atoms with Crippen molar-refractivity contribution in [2.24, 2.45) is 0 Å². The monoisotopic (exact) mass is 339 g/mol. The molecular formula is C18H21N5O2. The number of hydrogen-bond donors (Lipinski definition) is 3. The molecule has 25 heavy (non-hydrogen) atoms. The summed E-state index contributed by atoms with van der Waals surface area (Å²) in [4.78, 5) is 21.3. The lowest BCUT2D eigenvalue weighted by Gasteiger charge is -2.19. The average Bonchev–Trinajstić information content (AvgIpc) is 3.33. The number of hydrogen-bond acceptors (Lipinski definition) is 4. The minimum absolute atomic E-state index is 0.119. The molecule has 3 rings (SSSR count). The van der Waals surface area contributed by atoms with Crippen LogP contribution in [0.5, 0.6) is 0 Å². The highest BCUT2D eigenvalue weighted by molar-refractivity contribution is 5.93. The fraction of sp³-hybridized carbons (Fsp3) is 0.278. The predicted octanol–water partition coefficient (Wildman–Crippen LogP) is 2.00. The Balaban J connectivity index is 1.77. The summed E-state index contributed by atoms with van der Waals surface area (Å²) in [5.74, 6) is 0.436. The highest BCUT2D eigenvalue weighted by atomic mass is 16.3. The summed E-state index contributed by atoms with van der Waals surface area (Å²) in [7, 11) is 0. The second-order valence-corrected chi connectivity index (χ2v) is 5.70. The highest BCUT2D eigenvalue weighted by Gasteiger charge is 2.19. The van der Waals surface area contributed by atoms with Gasteiger partial charge < -0.3 is 15.0 Å².